The molecule has 150 valence electrons. The molecule has 2 aromatic heterocycles. The van der Waals surface area contributed by atoms with E-state index in [-0.39, 0.29) is 5.89 Å². The van der Waals surface area contributed by atoms with Gasteiger partial charge in [0.1, 0.15) is 5.82 Å². The fourth-order valence-corrected chi connectivity index (χ4v) is 3.52. The van der Waals surface area contributed by atoms with Gasteiger partial charge >= 0.3 is 11.8 Å². The van der Waals surface area contributed by atoms with Crippen molar-refractivity contribution < 1.29 is 9.32 Å². The van der Waals surface area contributed by atoms with E-state index in [4.69, 9.17) is 16.1 Å². The van der Waals surface area contributed by atoms with Gasteiger partial charge in [0.25, 0.3) is 0 Å². The Hall–Kier alpha value is -2.93. The van der Waals surface area contributed by atoms with E-state index in [1.54, 1.807) is 18.3 Å². The van der Waals surface area contributed by atoms with Crippen LogP contribution < -0.4 is 10.2 Å². The first kappa shape index (κ1) is 19.4. The van der Waals surface area contributed by atoms with Gasteiger partial charge in [0.15, 0.2) is 0 Å². The predicted molar refractivity (Wildman–Crippen MR) is 111 cm³/mol. The summed E-state index contributed by atoms with van der Waals surface area (Å²) in [6, 6.07) is 11.0. The van der Waals surface area contributed by atoms with Crippen LogP contribution in [-0.2, 0) is 6.54 Å². The molecule has 1 saturated heterocycles. The highest BCUT2D eigenvalue weighted by atomic mass is 35.5. The van der Waals surface area contributed by atoms with Crippen LogP contribution in [0.25, 0.3) is 11.4 Å². The molecule has 3 heterocycles. The molecule has 1 aliphatic rings. The molecule has 8 heteroatoms. The number of hydrogen-bond acceptors (Lipinski definition) is 6. The number of carbonyl (C=O) groups is 1. The van der Waals surface area contributed by atoms with E-state index in [0.717, 1.165) is 48.8 Å². The molecule has 0 radical (unpaired) electrons. The number of aromatic nitrogens is 3. The number of benzene rings is 1. The molecule has 1 fully saturated rings. The van der Waals surface area contributed by atoms with Crippen LogP contribution in [0.1, 0.15) is 36.0 Å². The number of nitrogens with zero attached hydrogens (tertiary/aromatic N) is 4. The van der Waals surface area contributed by atoms with Crippen LogP contribution in [0.15, 0.2) is 47.1 Å². The zero-order valence-electron chi connectivity index (χ0n) is 16.1. The Kier molecular flexibility index (Phi) is 5.76. The largest absolute Gasteiger partial charge is 0.357 e. The molecule has 0 saturated carbocycles. The van der Waals surface area contributed by atoms with Gasteiger partial charge in [0.05, 0.1) is 0 Å². The van der Waals surface area contributed by atoms with Gasteiger partial charge in [-0.1, -0.05) is 35.8 Å². The van der Waals surface area contributed by atoms with Crippen LogP contribution in [0, 0.1) is 5.92 Å². The minimum absolute atomic E-state index is 0.0767. The topological polar surface area (TPSA) is 84.2 Å². The highest BCUT2D eigenvalue weighted by Gasteiger charge is 2.19. The molecular formula is C21H22ClN5O2. The highest BCUT2D eigenvalue weighted by Crippen LogP contribution is 2.25. The number of amides is 1. The van der Waals surface area contributed by atoms with Gasteiger partial charge in [-0.2, -0.15) is 4.98 Å². The summed E-state index contributed by atoms with van der Waals surface area (Å²) in [5.41, 5.74) is 1.66. The maximum Gasteiger partial charge on any atom is 0.316 e. The van der Waals surface area contributed by atoms with Crippen molar-refractivity contribution >= 4 is 23.3 Å². The minimum Gasteiger partial charge on any atom is -0.357 e. The maximum atomic E-state index is 12.3. The van der Waals surface area contributed by atoms with Crippen molar-refractivity contribution in [3.8, 4) is 11.4 Å². The number of anilines is 1. The van der Waals surface area contributed by atoms with Crippen LogP contribution in [0.2, 0.25) is 5.02 Å². The van der Waals surface area contributed by atoms with E-state index in [9.17, 15) is 4.79 Å². The highest BCUT2D eigenvalue weighted by molar-refractivity contribution is 6.30. The Morgan fingerprint density at radius 3 is 2.90 bits per heavy atom. The number of piperidine rings is 1. The van der Waals surface area contributed by atoms with E-state index >= 15 is 0 Å². The second-order valence-electron chi connectivity index (χ2n) is 7.31. The van der Waals surface area contributed by atoms with Gasteiger partial charge in [0.2, 0.25) is 5.82 Å². The molecule has 0 bridgehead atoms. The SMILES string of the molecule is CC1CCN(c2cc(-c3noc(C(=O)NCc4cccc(Cl)c4)n3)ccn2)CC1. The van der Waals surface area contributed by atoms with Gasteiger partial charge in [-0.15, -0.1) is 0 Å². The molecule has 1 aromatic carbocycles. The molecule has 0 aliphatic carbocycles. The summed E-state index contributed by atoms with van der Waals surface area (Å²) in [4.78, 5) is 23.3. The number of rotatable bonds is 5. The van der Waals surface area contributed by atoms with Crippen molar-refractivity contribution in [1.82, 2.24) is 20.4 Å². The zero-order valence-corrected chi connectivity index (χ0v) is 16.9. The molecule has 1 amide bonds. The van der Waals surface area contributed by atoms with Gasteiger partial charge in [-0.05, 0) is 48.6 Å². The molecule has 0 atom stereocenters. The van der Waals surface area contributed by atoms with E-state index in [0.29, 0.717) is 17.4 Å². The molecule has 0 spiro atoms. The quantitative estimate of drug-likeness (QED) is 0.684. The van der Waals surface area contributed by atoms with Gasteiger partial charge in [-0.25, -0.2) is 4.98 Å². The summed E-state index contributed by atoms with van der Waals surface area (Å²) in [6.45, 7) is 4.57. The molecule has 0 unspecified atom stereocenters. The first-order valence-electron chi connectivity index (χ1n) is 9.66. The minimum atomic E-state index is -0.428. The third-order valence-corrected chi connectivity index (χ3v) is 5.31. The van der Waals surface area contributed by atoms with E-state index < -0.39 is 5.91 Å². The fraction of sp³-hybridized carbons (Fsp3) is 0.333. The van der Waals surface area contributed by atoms with Crippen molar-refractivity contribution in [2.45, 2.75) is 26.3 Å². The van der Waals surface area contributed by atoms with E-state index in [2.05, 4.69) is 32.3 Å². The third-order valence-electron chi connectivity index (χ3n) is 5.07. The van der Waals surface area contributed by atoms with Crippen LogP contribution in [0.5, 0.6) is 0 Å². The average Bonchev–Trinajstić information content (AvgIpc) is 3.23. The monoisotopic (exact) mass is 411 g/mol. The Morgan fingerprint density at radius 1 is 1.28 bits per heavy atom. The van der Waals surface area contributed by atoms with Gasteiger partial charge in [-0.3, -0.25) is 4.79 Å². The molecule has 1 aliphatic heterocycles. The summed E-state index contributed by atoms with van der Waals surface area (Å²) < 4.78 is 5.16. The van der Waals surface area contributed by atoms with Crippen molar-refractivity contribution in [3.63, 3.8) is 0 Å². The van der Waals surface area contributed by atoms with E-state index in [1.807, 2.05) is 24.3 Å². The molecular weight excluding hydrogens is 390 g/mol. The van der Waals surface area contributed by atoms with Crippen LogP contribution >= 0.6 is 11.6 Å². The average molecular weight is 412 g/mol. The predicted octanol–water partition coefficient (Wildman–Crippen LogP) is 3.95. The number of carbonyl (C=O) groups excluding carboxylic acids is 1. The van der Waals surface area contributed by atoms with Gasteiger partial charge in [0, 0.05) is 36.4 Å². The second-order valence-corrected chi connectivity index (χ2v) is 7.74. The number of nitrogens with one attached hydrogen (secondary N) is 1. The Labute approximate surface area is 174 Å². The van der Waals surface area contributed by atoms with Gasteiger partial charge < -0.3 is 14.7 Å². The Balaban J connectivity index is 1.43. The lowest BCUT2D eigenvalue weighted by molar-refractivity contribution is 0.0907. The summed E-state index contributed by atoms with van der Waals surface area (Å²) in [6.07, 6.45) is 4.05. The van der Waals surface area contributed by atoms with E-state index in [1.165, 1.54) is 0 Å². The number of hydrogen-bond donors (Lipinski definition) is 1. The fourth-order valence-electron chi connectivity index (χ4n) is 3.31. The smallest absolute Gasteiger partial charge is 0.316 e. The normalized spacial score (nSPS) is 14.8. The van der Waals surface area contributed by atoms with Crippen LogP contribution in [0.3, 0.4) is 0 Å². The van der Waals surface area contributed by atoms with Crippen LogP contribution in [-0.4, -0.2) is 34.1 Å². The van der Waals surface area contributed by atoms with Crippen molar-refractivity contribution in [1.29, 1.82) is 0 Å². The Morgan fingerprint density at radius 2 is 2.10 bits per heavy atom. The lowest BCUT2D eigenvalue weighted by atomic mass is 9.99. The number of halogens is 1. The lowest BCUT2D eigenvalue weighted by Gasteiger charge is -2.31. The lowest BCUT2D eigenvalue weighted by Crippen LogP contribution is -2.33. The maximum absolute atomic E-state index is 12.3. The molecule has 3 aromatic rings. The molecule has 1 N–H and O–H groups in total. The molecule has 29 heavy (non-hydrogen) atoms. The summed E-state index contributed by atoms with van der Waals surface area (Å²) in [5, 5.41) is 7.34. The third kappa shape index (κ3) is 4.74. The Bertz CT molecular complexity index is 998. The van der Waals surface area contributed by atoms with Crippen molar-refractivity contribution in [2.24, 2.45) is 5.92 Å². The molecule has 7 nitrogen and oxygen atoms in total. The van der Waals surface area contributed by atoms with Crippen molar-refractivity contribution in [2.75, 3.05) is 18.0 Å². The standard InChI is InChI=1S/C21H22ClN5O2/c1-14-6-9-27(10-7-14)18-12-16(5-8-23-18)19-25-21(29-26-19)20(28)24-13-15-3-2-4-17(22)11-15/h2-5,8,11-12,14H,6-7,9-10,13H2,1H3,(H,24,28). The zero-order chi connectivity index (χ0) is 20.2. The van der Waals surface area contributed by atoms with Crippen LogP contribution in [0.4, 0.5) is 5.82 Å². The number of pyridine rings is 1. The van der Waals surface area contributed by atoms with Crippen molar-refractivity contribution in [3.05, 3.63) is 59.1 Å². The first-order chi connectivity index (χ1) is 14.1. The summed E-state index contributed by atoms with van der Waals surface area (Å²) >= 11 is 5.96. The first-order valence-corrected chi connectivity index (χ1v) is 10.0. The second kappa shape index (κ2) is 8.61. The summed E-state index contributed by atoms with van der Waals surface area (Å²) in [7, 11) is 0. The molecule has 4 rings (SSSR count). The summed E-state index contributed by atoms with van der Waals surface area (Å²) in [5.74, 6) is 1.51.